The maximum Gasteiger partial charge on any atom is 0.222 e. The van der Waals surface area contributed by atoms with Crippen LogP contribution in [0.25, 0.3) is 0 Å². The van der Waals surface area contributed by atoms with E-state index in [4.69, 9.17) is 0 Å². The molecule has 3 atom stereocenters. The number of likely N-dealkylation sites (tertiary alicyclic amines) is 1. The number of hydrogen-bond acceptors (Lipinski definition) is 4. The number of carbonyl (C=O) groups is 1. The van der Waals surface area contributed by atoms with Crippen LogP contribution in [0.4, 0.5) is 0 Å². The second-order valence-electron chi connectivity index (χ2n) is 7.92. The fourth-order valence-corrected chi connectivity index (χ4v) is 6.63. The van der Waals surface area contributed by atoms with E-state index in [0.29, 0.717) is 32.0 Å². The molecule has 3 aliphatic rings. The molecule has 1 N–H and O–H groups in total. The van der Waals surface area contributed by atoms with Crippen LogP contribution < -0.4 is 0 Å². The topological polar surface area (TPSA) is 77.9 Å². The standard InChI is InChI=1S/C18H32N2O4S/c21-16-8-4-11-19(14-16)18(22)10-5-13-25(23,24)20-12-3-7-15-6-1-2-9-17(15)20/h15-17,21H,1-14H2/t15?,16-,17?/m1/s1. The van der Waals surface area contributed by atoms with Gasteiger partial charge in [0, 0.05) is 32.1 Å². The highest BCUT2D eigenvalue weighted by Gasteiger charge is 2.39. The molecule has 0 radical (unpaired) electrons. The minimum absolute atomic E-state index is 0.0249. The van der Waals surface area contributed by atoms with Crippen LogP contribution in [0.5, 0.6) is 0 Å². The van der Waals surface area contributed by atoms with Gasteiger partial charge in [0.05, 0.1) is 11.9 Å². The van der Waals surface area contributed by atoms with Crippen molar-refractivity contribution in [3.8, 4) is 0 Å². The summed E-state index contributed by atoms with van der Waals surface area (Å²) in [4.78, 5) is 13.9. The number of aliphatic hydroxyl groups is 1. The van der Waals surface area contributed by atoms with Gasteiger partial charge in [-0.2, -0.15) is 4.31 Å². The van der Waals surface area contributed by atoms with E-state index in [0.717, 1.165) is 44.9 Å². The summed E-state index contributed by atoms with van der Waals surface area (Å²) in [7, 11) is -3.28. The van der Waals surface area contributed by atoms with E-state index >= 15 is 0 Å². The third kappa shape index (κ3) is 4.74. The van der Waals surface area contributed by atoms with Gasteiger partial charge in [0.1, 0.15) is 0 Å². The predicted molar refractivity (Wildman–Crippen MR) is 96.5 cm³/mol. The van der Waals surface area contributed by atoms with Crippen molar-refractivity contribution in [3.05, 3.63) is 0 Å². The Bertz CT molecular complexity index is 563. The molecule has 2 heterocycles. The first-order chi connectivity index (χ1) is 12.0. The molecule has 25 heavy (non-hydrogen) atoms. The van der Waals surface area contributed by atoms with Gasteiger partial charge in [0.25, 0.3) is 0 Å². The Labute approximate surface area is 151 Å². The van der Waals surface area contributed by atoms with Crippen molar-refractivity contribution in [1.29, 1.82) is 0 Å². The van der Waals surface area contributed by atoms with Gasteiger partial charge in [0.15, 0.2) is 0 Å². The lowest BCUT2D eigenvalue weighted by Gasteiger charge is -2.43. The Kier molecular flexibility index (Phi) is 6.39. The van der Waals surface area contributed by atoms with Gasteiger partial charge in [-0.3, -0.25) is 4.79 Å². The second kappa shape index (κ2) is 8.35. The smallest absolute Gasteiger partial charge is 0.222 e. The molecule has 0 aromatic heterocycles. The summed E-state index contributed by atoms with van der Waals surface area (Å²) < 4.78 is 27.4. The molecule has 0 bridgehead atoms. The molecular weight excluding hydrogens is 340 g/mol. The summed E-state index contributed by atoms with van der Waals surface area (Å²) in [6.07, 6.45) is 8.40. The molecule has 2 aliphatic heterocycles. The molecule has 0 aromatic carbocycles. The third-order valence-corrected chi connectivity index (χ3v) is 8.06. The van der Waals surface area contributed by atoms with Gasteiger partial charge in [-0.1, -0.05) is 12.8 Å². The quantitative estimate of drug-likeness (QED) is 0.797. The van der Waals surface area contributed by atoms with E-state index in [1.54, 1.807) is 9.21 Å². The first-order valence-corrected chi connectivity index (χ1v) is 11.5. The van der Waals surface area contributed by atoms with Gasteiger partial charge in [-0.05, 0) is 50.9 Å². The van der Waals surface area contributed by atoms with Gasteiger partial charge in [-0.25, -0.2) is 8.42 Å². The molecule has 3 fully saturated rings. The summed E-state index contributed by atoms with van der Waals surface area (Å²) in [6, 6.07) is 0.195. The van der Waals surface area contributed by atoms with Gasteiger partial charge in [0.2, 0.25) is 15.9 Å². The molecule has 6 nitrogen and oxygen atoms in total. The van der Waals surface area contributed by atoms with Crippen molar-refractivity contribution < 1.29 is 18.3 Å². The summed E-state index contributed by atoms with van der Waals surface area (Å²) in [5.41, 5.74) is 0. The van der Waals surface area contributed by atoms with Crippen molar-refractivity contribution >= 4 is 15.9 Å². The third-order valence-electron chi connectivity index (χ3n) is 6.09. The van der Waals surface area contributed by atoms with Gasteiger partial charge in [-0.15, -0.1) is 0 Å². The van der Waals surface area contributed by atoms with E-state index < -0.39 is 16.1 Å². The number of fused-ring (bicyclic) bond motifs is 1. The largest absolute Gasteiger partial charge is 0.391 e. The van der Waals surface area contributed by atoms with Crippen molar-refractivity contribution in [1.82, 2.24) is 9.21 Å². The summed E-state index contributed by atoms with van der Waals surface area (Å²) in [5, 5.41) is 9.67. The molecular formula is C18H32N2O4S. The molecule has 1 amide bonds. The Morgan fingerprint density at radius 1 is 1.00 bits per heavy atom. The molecule has 7 heteroatoms. The fraction of sp³-hybridized carbons (Fsp3) is 0.944. The lowest BCUT2D eigenvalue weighted by atomic mass is 9.79. The van der Waals surface area contributed by atoms with Gasteiger partial charge >= 0.3 is 0 Å². The van der Waals surface area contributed by atoms with Crippen LogP contribution in [0.3, 0.4) is 0 Å². The molecule has 3 rings (SSSR count). The van der Waals surface area contributed by atoms with Crippen molar-refractivity contribution in [2.75, 3.05) is 25.4 Å². The highest BCUT2D eigenvalue weighted by molar-refractivity contribution is 7.89. The Balaban J connectivity index is 1.50. The number of β-amino-alcohol motifs (C(OH)–C–C–N with tert-alkyl or cyclic N) is 1. The fourth-order valence-electron chi connectivity index (χ4n) is 4.79. The molecule has 0 aromatic rings. The van der Waals surface area contributed by atoms with Crippen molar-refractivity contribution in [2.45, 2.75) is 76.4 Å². The molecule has 144 valence electrons. The lowest BCUT2D eigenvalue weighted by molar-refractivity contribution is -0.134. The van der Waals surface area contributed by atoms with Crippen molar-refractivity contribution in [3.63, 3.8) is 0 Å². The number of piperidine rings is 2. The molecule has 0 spiro atoms. The zero-order valence-electron chi connectivity index (χ0n) is 15.1. The van der Waals surface area contributed by atoms with Crippen LogP contribution in [-0.4, -0.2) is 66.2 Å². The van der Waals surface area contributed by atoms with Gasteiger partial charge < -0.3 is 10.0 Å². The van der Waals surface area contributed by atoms with E-state index in [2.05, 4.69) is 0 Å². The first-order valence-electron chi connectivity index (χ1n) is 9.93. The molecule has 2 unspecified atom stereocenters. The van der Waals surface area contributed by atoms with E-state index in [-0.39, 0.29) is 24.1 Å². The average molecular weight is 373 g/mol. The highest BCUT2D eigenvalue weighted by atomic mass is 32.2. The Morgan fingerprint density at radius 2 is 1.72 bits per heavy atom. The van der Waals surface area contributed by atoms with E-state index in [1.807, 2.05) is 0 Å². The maximum absolute atomic E-state index is 12.8. The number of hydrogen-bond donors (Lipinski definition) is 1. The summed E-state index contributed by atoms with van der Waals surface area (Å²) >= 11 is 0. The monoisotopic (exact) mass is 372 g/mol. The maximum atomic E-state index is 12.8. The summed E-state index contributed by atoms with van der Waals surface area (Å²) in [6.45, 7) is 1.72. The Hall–Kier alpha value is -0.660. The minimum atomic E-state index is -3.28. The number of nitrogens with zero attached hydrogens (tertiary/aromatic N) is 2. The Morgan fingerprint density at radius 3 is 2.52 bits per heavy atom. The first kappa shape index (κ1) is 19.1. The summed E-state index contributed by atoms with van der Waals surface area (Å²) in [5.74, 6) is 0.579. The number of aliphatic hydroxyl groups excluding tert-OH is 1. The SMILES string of the molecule is O=C(CCCS(=O)(=O)N1CCCC2CCCCC21)N1CCC[C@@H](O)C1. The number of carbonyl (C=O) groups excluding carboxylic acids is 1. The minimum Gasteiger partial charge on any atom is -0.391 e. The number of amides is 1. The zero-order valence-corrected chi connectivity index (χ0v) is 15.9. The van der Waals surface area contributed by atoms with Crippen LogP contribution >= 0.6 is 0 Å². The molecule has 2 saturated heterocycles. The number of rotatable bonds is 5. The highest BCUT2D eigenvalue weighted by Crippen LogP contribution is 2.36. The number of sulfonamides is 1. The normalized spacial score (nSPS) is 31.6. The van der Waals surface area contributed by atoms with E-state index in [1.165, 1.54) is 6.42 Å². The van der Waals surface area contributed by atoms with Crippen LogP contribution in [0.15, 0.2) is 0 Å². The van der Waals surface area contributed by atoms with Crippen LogP contribution in [0.1, 0.15) is 64.2 Å². The molecule has 1 saturated carbocycles. The van der Waals surface area contributed by atoms with Crippen LogP contribution in [0, 0.1) is 5.92 Å². The predicted octanol–water partition coefficient (Wildman–Crippen LogP) is 1.73. The van der Waals surface area contributed by atoms with Crippen molar-refractivity contribution in [2.24, 2.45) is 5.92 Å². The van der Waals surface area contributed by atoms with Crippen LogP contribution in [0.2, 0.25) is 0 Å². The van der Waals surface area contributed by atoms with E-state index in [9.17, 15) is 18.3 Å². The second-order valence-corrected chi connectivity index (χ2v) is 9.96. The van der Waals surface area contributed by atoms with Crippen LogP contribution in [-0.2, 0) is 14.8 Å². The molecule has 1 aliphatic carbocycles. The lowest BCUT2D eigenvalue weighted by Crippen LogP contribution is -2.50. The zero-order chi connectivity index (χ0) is 17.9. The average Bonchev–Trinajstić information content (AvgIpc) is 2.61.